The first-order valence-corrected chi connectivity index (χ1v) is 16.4. The summed E-state index contributed by atoms with van der Waals surface area (Å²) in [5, 5.41) is 0. The quantitative estimate of drug-likeness (QED) is 0.0876. The molecule has 1 aromatic rings. The molecule has 1 aromatic carbocycles. The molecule has 1 atom stereocenters. The Morgan fingerprint density at radius 3 is 1.91 bits per heavy atom. The fourth-order valence-electron chi connectivity index (χ4n) is 3.85. The molecule has 3 N–H and O–H groups in total. The van der Waals surface area contributed by atoms with Gasteiger partial charge >= 0.3 is 148 Å². The van der Waals surface area contributed by atoms with Crippen molar-refractivity contribution in [2.45, 2.75) is 106 Å². The summed E-state index contributed by atoms with van der Waals surface area (Å²) in [6.45, 7) is 2.25. The minimum absolute atomic E-state index is 0.0289. The van der Waals surface area contributed by atoms with Crippen molar-refractivity contribution < 1.29 is 17.8 Å². The number of hydrogen-bond acceptors (Lipinski definition) is 4. The Labute approximate surface area is 232 Å². The van der Waals surface area contributed by atoms with Gasteiger partial charge in [-0.05, 0) is 6.42 Å². The minimum atomic E-state index is -3.80. The molecule has 0 saturated carbocycles. The molecular weight excluding hydrogens is 469 g/mol. The molecule has 0 fully saturated rings. The van der Waals surface area contributed by atoms with Crippen LogP contribution >= 0.6 is 0 Å². The zero-order chi connectivity index (χ0) is 26.2. The van der Waals surface area contributed by atoms with E-state index in [1.165, 1.54) is 82.6 Å². The van der Waals surface area contributed by atoms with Crippen LogP contribution in [-0.2, 0) is 21.3 Å². The van der Waals surface area contributed by atoms with E-state index in [-0.39, 0.29) is 12.3 Å². The molecule has 0 aromatic heterocycles. The van der Waals surface area contributed by atoms with Gasteiger partial charge in [0.2, 0.25) is 0 Å². The van der Waals surface area contributed by atoms with Crippen LogP contribution in [0.25, 0.3) is 0 Å². The average Bonchev–Trinajstić information content (AvgIpc) is 2.81. The number of nitrogens with two attached hydrogens (primary N) is 1. The van der Waals surface area contributed by atoms with Crippen LogP contribution in [0.3, 0.4) is 0 Å². The van der Waals surface area contributed by atoms with Gasteiger partial charge in [-0.3, -0.25) is 4.55 Å². The number of hydrogen-bond donors (Lipinski definition) is 2. The van der Waals surface area contributed by atoms with Crippen molar-refractivity contribution in [3.8, 4) is 0 Å². The summed E-state index contributed by atoms with van der Waals surface area (Å²) in [5.74, 6) is 0.139. The monoisotopic (exact) mass is 517 g/mol. The van der Waals surface area contributed by atoms with E-state index >= 15 is 0 Å². The molecular formula is C28H48NNaO4S. The molecule has 0 bridgehead atoms. The van der Waals surface area contributed by atoms with Gasteiger partial charge in [-0.15, -0.1) is 0 Å². The van der Waals surface area contributed by atoms with Crippen LogP contribution in [0, 0.1) is 0 Å². The maximum Gasteiger partial charge on any atom is 0.266 e. The predicted molar refractivity (Wildman–Crippen MR) is 150 cm³/mol. The molecule has 0 radical (unpaired) electrons. The van der Waals surface area contributed by atoms with Crippen molar-refractivity contribution in [3.63, 3.8) is 0 Å². The molecule has 0 aliphatic heterocycles. The van der Waals surface area contributed by atoms with E-state index in [1.54, 1.807) is 0 Å². The number of benzene rings is 1. The third-order valence-corrected chi connectivity index (χ3v) is 7.80. The minimum Gasteiger partial charge on any atom is -0.329 e. The SMILES string of the molecule is CCCCCCCC/C=C\CCCCCCCC(=O)[CH]([Na])Cc1ccccc1.NCCS(=O)(=O)O. The van der Waals surface area contributed by atoms with Gasteiger partial charge in [-0.2, -0.15) is 8.42 Å². The van der Waals surface area contributed by atoms with Gasteiger partial charge in [0.1, 0.15) is 0 Å². The predicted octanol–water partition coefficient (Wildman–Crippen LogP) is 6.63. The Bertz CT molecular complexity index is 753. The van der Waals surface area contributed by atoms with Gasteiger partial charge in [-0.1, -0.05) is 39.0 Å². The number of ketones is 1. The molecule has 7 heteroatoms. The fraction of sp³-hybridized carbons (Fsp3) is 0.679. The summed E-state index contributed by atoms with van der Waals surface area (Å²) in [5.41, 5.74) is 6.08. The van der Waals surface area contributed by atoms with E-state index in [0.717, 1.165) is 47.2 Å². The Hall–Kier alpha value is -0.500. The van der Waals surface area contributed by atoms with Gasteiger partial charge in [0.15, 0.2) is 0 Å². The third-order valence-electron chi connectivity index (χ3n) is 6.00. The van der Waals surface area contributed by atoms with Crippen LogP contribution in [0.1, 0.15) is 102 Å². The Morgan fingerprint density at radius 2 is 1.43 bits per heavy atom. The number of unbranched alkanes of at least 4 members (excludes halogenated alkanes) is 11. The van der Waals surface area contributed by atoms with Crippen LogP contribution in [-0.4, -0.2) is 59.0 Å². The molecule has 0 amide bonds. The van der Waals surface area contributed by atoms with Crippen molar-refractivity contribution in [3.05, 3.63) is 48.0 Å². The Morgan fingerprint density at radius 1 is 0.914 bits per heavy atom. The van der Waals surface area contributed by atoms with E-state index in [1.807, 2.05) is 6.07 Å². The first kappa shape index (κ1) is 34.5. The second-order valence-corrected chi connectivity index (χ2v) is 12.4. The van der Waals surface area contributed by atoms with Crippen molar-refractivity contribution in [2.75, 3.05) is 12.3 Å². The maximum absolute atomic E-state index is 12.3. The summed E-state index contributed by atoms with van der Waals surface area (Å²) in [6, 6.07) is 10.5. The molecule has 35 heavy (non-hydrogen) atoms. The van der Waals surface area contributed by atoms with Crippen molar-refractivity contribution in [2.24, 2.45) is 5.73 Å². The van der Waals surface area contributed by atoms with Crippen LogP contribution < -0.4 is 5.73 Å². The normalized spacial score (nSPS) is 12.4. The zero-order valence-electron chi connectivity index (χ0n) is 22.3. The van der Waals surface area contributed by atoms with Crippen molar-refractivity contribution >= 4 is 43.8 Å². The molecule has 0 heterocycles. The van der Waals surface area contributed by atoms with Gasteiger partial charge in [0.25, 0.3) is 10.1 Å². The van der Waals surface area contributed by atoms with Gasteiger partial charge in [0.05, 0.1) is 5.75 Å². The summed E-state index contributed by atoms with van der Waals surface area (Å²) >= 11 is 0.972. The van der Waals surface area contributed by atoms with E-state index < -0.39 is 10.1 Å². The number of carbonyl (C=O) groups excluding carboxylic acids is 1. The molecule has 0 aliphatic carbocycles. The number of rotatable bonds is 20. The number of allylic oxidation sites excluding steroid dienone is 2. The topological polar surface area (TPSA) is 97.5 Å². The molecule has 196 valence electrons. The number of Topliss-reactive ketones (excluding diaryl/α,β-unsaturated/α-hetero) is 1. The van der Waals surface area contributed by atoms with Crippen molar-refractivity contribution in [1.29, 1.82) is 0 Å². The molecule has 0 aliphatic rings. The largest absolute Gasteiger partial charge is 0.329 e. The van der Waals surface area contributed by atoms with Gasteiger partial charge in [-0.25, -0.2) is 0 Å². The van der Waals surface area contributed by atoms with Crippen molar-refractivity contribution in [1.82, 2.24) is 0 Å². The number of carbonyl (C=O) groups is 1. The third kappa shape index (κ3) is 25.0. The van der Waals surface area contributed by atoms with E-state index in [4.69, 9.17) is 10.3 Å². The van der Waals surface area contributed by atoms with E-state index in [0.29, 0.717) is 8.95 Å². The van der Waals surface area contributed by atoms with Crippen LogP contribution in [0.4, 0.5) is 0 Å². The van der Waals surface area contributed by atoms with Gasteiger partial charge < -0.3 is 5.73 Å². The van der Waals surface area contributed by atoms with E-state index in [9.17, 15) is 13.2 Å². The second kappa shape index (κ2) is 23.9. The Balaban J connectivity index is 0.00000143. The molecule has 1 rings (SSSR count). The summed E-state index contributed by atoms with van der Waals surface area (Å²) in [7, 11) is -3.80. The standard InChI is InChI=1S/C26H41O.C2H7NO3S.Na/c1-2-3-4-5-6-7-8-9-10-11-12-13-14-15-19-22-26(27)24-23-25-20-17-16-18-21-25;3-1-2-7(4,5)6;/h9-10,16-18,20-21,24H,2-8,11-15,19,22-23H2,1H3;1-3H2,(H,4,5,6);/b10-9-;;. The smallest absolute Gasteiger partial charge is 0.266 e. The van der Waals surface area contributed by atoms with Crippen LogP contribution in [0.2, 0.25) is 3.17 Å². The van der Waals surface area contributed by atoms with Crippen LogP contribution in [0.5, 0.6) is 0 Å². The summed E-state index contributed by atoms with van der Waals surface area (Å²) in [4.78, 5) is 12.3. The average molecular weight is 518 g/mol. The molecule has 0 spiro atoms. The van der Waals surface area contributed by atoms with Gasteiger partial charge in [0, 0.05) is 6.54 Å². The van der Waals surface area contributed by atoms with Crippen LogP contribution in [0.15, 0.2) is 42.5 Å². The maximum atomic E-state index is 12.3. The first-order valence-electron chi connectivity index (χ1n) is 13.7. The molecule has 1 unspecified atom stereocenters. The fourth-order valence-corrected chi connectivity index (χ4v) is 4.90. The summed E-state index contributed by atoms with van der Waals surface area (Å²) in [6.07, 6.45) is 23.5. The van der Waals surface area contributed by atoms with E-state index in [2.05, 4.69) is 43.3 Å². The summed E-state index contributed by atoms with van der Waals surface area (Å²) < 4.78 is 27.6. The first-order chi connectivity index (χ1) is 16.8. The zero-order valence-corrected chi connectivity index (χ0v) is 25.1. The molecule has 0 saturated heterocycles. The Kier molecular flexibility index (Phi) is 23.5. The second-order valence-electron chi connectivity index (χ2n) is 9.47. The molecule has 5 nitrogen and oxygen atoms in total.